The number of allylic oxidation sites excluding steroid dienone is 1. The van der Waals surface area contributed by atoms with Crippen molar-refractivity contribution < 1.29 is 24.2 Å². The molecule has 2 aromatic rings. The topological polar surface area (TPSA) is 109 Å². The molecule has 0 aromatic heterocycles. The van der Waals surface area contributed by atoms with E-state index in [0.29, 0.717) is 41.3 Å². The summed E-state index contributed by atoms with van der Waals surface area (Å²) in [4.78, 5) is 24.0. The highest BCUT2D eigenvalue weighted by Gasteiger charge is 2.11. The zero-order valence-electron chi connectivity index (χ0n) is 17.0. The molecule has 30 heavy (non-hydrogen) atoms. The first-order valence-corrected chi connectivity index (χ1v) is 9.32. The highest BCUT2D eigenvalue weighted by molar-refractivity contribution is 6.03. The third-order valence-corrected chi connectivity index (χ3v) is 3.92. The van der Waals surface area contributed by atoms with E-state index in [2.05, 4.69) is 22.4 Å². The lowest BCUT2D eigenvalue weighted by molar-refractivity contribution is -0.126. The number of hydrazone groups is 1. The van der Waals surface area contributed by atoms with Crippen LogP contribution in [-0.4, -0.2) is 36.9 Å². The van der Waals surface area contributed by atoms with Gasteiger partial charge in [-0.2, -0.15) is 5.10 Å². The van der Waals surface area contributed by atoms with Crippen LogP contribution in [0.3, 0.4) is 0 Å². The Balaban J connectivity index is 1.96. The van der Waals surface area contributed by atoms with Crippen LogP contribution in [0.15, 0.2) is 54.2 Å². The molecule has 0 spiro atoms. The van der Waals surface area contributed by atoms with Crippen LogP contribution < -0.4 is 20.2 Å². The maximum Gasteiger partial charge on any atom is 0.249 e. The van der Waals surface area contributed by atoms with Crippen LogP contribution in [-0.2, 0) is 16.0 Å². The second-order valence-electron chi connectivity index (χ2n) is 6.20. The monoisotopic (exact) mass is 411 g/mol. The molecule has 158 valence electrons. The molecule has 0 aliphatic heterocycles. The standard InChI is InChI=1S/C22H25N3O5/c1-4-7-16-10-15(11-19(22(16)28)30-5-2)14-23-25-21(27)13-20(26)24-17-8-6-9-18(12-17)29-3/h4,6,8-12,14,28H,1,5,7,13H2,2-3H3,(H,24,26)(H,25,27). The van der Waals surface area contributed by atoms with Crippen LogP contribution in [0.5, 0.6) is 17.2 Å². The maximum absolute atomic E-state index is 12.0. The van der Waals surface area contributed by atoms with Gasteiger partial charge in [0.15, 0.2) is 11.5 Å². The van der Waals surface area contributed by atoms with Gasteiger partial charge in [0, 0.05) is 17.3 Å². The van der Waals surface area contributed by atoms with Gasteiger partial charge in [-0.3, -0.25) is 9.59 Å². The van der Waals surface area contributed by atoms with Crippen LogP contribution in [0, 0.1) is 0 Å². The van der Waals surface area contributed by atoms with Gasteiger partial charge in [0.1, 0.15) is 12.2 Å². The van der Waals surface area contributed by atoms with Crippen LogP contribution in [0.1, 0.15) is 24.5 Å². The fourth-order valence-corrected chi connectivity index (χ4v) is 2.61. The summed E-state index contributed by atoms with van der Waals surface area (Å²) in [5, 5.41) is 16.7. The Morgan fingerprint density at radius 2 is 2.03 bits per heavy atom. The first-order chi connectivity index (χ1) is 14.5. The Labute approximate surface area is 175 Å². The van der Waals surface area contributed by atoms with E-state index in [1.807, 2.05) is 6.92 Å². The number of carbonyl (C=O) groups is 2. The quantitative estimate of drug-likeness (QED) is 0.241. The van der Waals surface area contributed by atoms with Crippen molar-refractivity contribution in [2.45, 2.75) is 19.8 Å². The van der Waals surface area contributed by atoms with Crippen molar-refractivity contribution >= 4 is 23.7 Å². The van der Waals surface area contributed by atoms with Gasteiger partial charge in [-0.25, -0.2) is 5.43 Å². The smallest absolute Gasteiger partial charge is 0.249 e. The van der Waals surface area contributed by atoms with E-state index in [1.165, 1.54) is 13.3 Å². The minimum Gasteiger partial charge on any atom is -0.504 e. The number of anilines is 1. The van der Waals surface area contributed by atoms with Gasteiger partial charge < -0.3 is 19.9 Å². The number of phenolic OH excluding ortho intramolecular Hbond substituents is 1. The molecule has 0 aliphatic rings. The summed E-state index contributed by atoms with van der Waals surface area (Å²) in [7, 11) is 1.53. The zero-order chi connectivity index (χ0) is 21.9. The molecule has 3 N–H and O–H groups in total. The number of methoxy groups -OCH3 is 1. The molecule has 0 heterocycles. The van der Waals surface area contributed by atoms with E-state index in [9.17, 15) is 14.7 Å². The third-order valence-electron chi connectivity index (χ3n) is 3.92. The summed E-state index contributed by atoms with van der Waals surface area (Å²) in [6, 6.07) is 10.1. The maximum atomic E-state index is 12.0. The molecular weight excluding hydrogens is 386 g/mol. The fourth-order valence-electron chi connectivity index (χ4n) is 2.61. The van der Waals surface area contributed by atoms with Gasteiger partial charge in [-0.15, -0.1) is 6.58 Å². The second kappa shape index (κ2) is 11.3. The summed E-state index contributed by atoms with van der Waals surface area (Å²) < 4.78 is 10.5. The first-order valence-electron chi connectivity index (χ1n) is 9.32. The van der Waals surface area contributed by atoms with Crippen LogP contribution in [0.25, 0.3) is 0 Å². The van der Waals surface area contributed by atoms with Crippen LogP contribution in [0.4, 0.5) is 5.69 Å². The van der Waals surface area contributed by atoms with Crippen molar-refractivity contribution in [1.82, 2.24) is 5.43 Å². The number of nitrogens with one attached hydrogen (secondary N) is 2. The van der Waals surface area contributed by atoms with E-state index < -0.39 is 18.2 Å². The lowest BCUT2D eigenvalue weighted by atomic mass is 10.1. The van der Waals surface area contributed by atoms with Crippen LogP contribution >= 0.6 is 0 Å². The van der Waals surface area contributed by atoms with Crippen molar-refractivity contribution in [3.05, 3.63) is 60.2 Å². The van der Waals surface area contributed by atoms with E-state index in [-0.39, 0.29) is 5.75 Å². The highest BCUT2D eigenvalue weighted by atomic mass is 16.5. The predicted molar refractivity (Wildman–Crippen MR) is 115 cm³/mol. The number of nitrogens with zero attached hydrogens (tertiary/aromatic N) is 1. The summed E-state index contributed by atoms with van der Waals surface area (Å²) in [6.07, 6.45) is 3.13. The number of hydrogen-bond acceptors (Lipinski definition) is 6. The average molecular weight is 411 g/mol. The molecule has 0 radical (unpaired) electrons. The molecule has 0 aliphatic carbocycles. The Morgan fingerprint density at radius 1 is 1.23 bits per heavy atom. The average Bonchev–Trinajstić information content (AvgIpc) is 2.71. The minimum absolute atomic E-state index is 0.0483. The zero-order valence-corrected chi connectivity index (χ0v) is 17.0. The third kappa shape index (κ3) is 6.66. The molecule has 2 rings (SSSR count). The molecule has 8 nitrogen and oxygen atoms in total. The summed E-state index contributed by atoms with van der Waals surface area (Å²) in [5.74, 6) is -0.0818. The van der Waals surface area contributed by atoms with Gasteiger partial charge >= 0.3 is 0 Å². The molecule has 0 atom stereocenters. The van der Waals surface area contributed by atoms with E-state index >= 15 is 0 Å². The molecule has 0 bridgehead atoms. The van der Waals surface area contributed by atoms with Crippen molar-refractivity contribution in [2.24, 2.45) is 5.10 Å². The Kier molecular flexibility index (Phi) is 8.43. The Morgan fingerprint density at radius 3 is 2.73 bits per heavy atom. The Hall–Kier alpha value is -3.81. The molecule has 0 saturated carbocycles. The van der Waals surface area contributed by atoms with Crippen molar-refractivity contribution in [1.29, 1.82) is 0 Å². The largest absolute Gasteiger partial charge is 0.504 e. The lowest BCUT2D eigenvalue weighted by Crippen LogP contribution is -2.24. The summed E-state index contributed by atoms with van der Waals surface area (Å²) >= 11 is 0. The summed E-state index contributed by atoms with van der Waals surface area (Å²) in [6.45, 7) is 5.87. The molecule has 0 unspecified atom stereocenters. The molecular formula is C22H25N3O5. The number of rotatable bonds is 10. The molecule has 0 fully saturated rings. The SMILES string of the molecule is C=CCc1cc(C=NNC(=O)CC(=O)Nc2cccc(OC)c2)cc(OCC)c1O. The van der Waals surface area contributed by atoms with Gasteiger partial charge in [0.25, 0.3) is 0 Å². The van der Waals surface area contributed by atoms with E-state index in [4.69, 9.17) is 9.47 Å². The predicted octanol–water partition coefficient (Wildman–Crippen LogP) is 3.01. The number of hydrogen-bond donors (Lipinski definition) is 3. The molecule has 2 aromatic carbocycles. The first kappa shape index (κ1) is 22.5. The second-order valence-corrected chi connectivity index (χ2v) is 6.20. The minimum atomic E-state index is -0.568. The number of ether oxygens (including phenoxy) is 2. The van der Waals surface area contributed by atoms with Gasteiger partial charge in [-0.1, -0.05) is 12.1 Å². The van der Waals surface area contributed by atoms with Gasteiger partial charge in [0.2, 0.25) is 11.8 Å². The van der Waals surface area contributed by atoms with E-state index in [0.717, 1.165) is 0 Å². The van der Waals surface area contributed by atoms with Gasteiger partial charge in [-0.05, 0) is 43.2 Å². The number of amides is 2. The lowest BCUT2D eigenvalue weighted by Gasteiger charge is -2.10. The van der Waals surface area contributed by atoms with Crippen molar-refractivity contribution in [3.63, 3.8) is 0 Å². The van der Waals surface area contributed by atoms with E-state index in [1.54, 1.807) is 42.5 Å². The van der Waals surface area contributed by atoms with Crippen molar-refractivity contribution in [3.8, 4) is 17.2 Å². The molecule has 2 amide bonds. The normalized spacial score (nSPS) is 10.5. The van der Waals surface area contributed by atoms with Crippen LogP contribution in [0.2, 0.25) is 0 Å². The number of phenols is 1. The summed E-state index contributed by atoms with van der Waals surface area (Å²) in [5.41, 5.74) is 4.08. The van der Waals surface area contributed by atoms with Gasteiger partial charge in [0.05, 0.1) is 19.9 Å². The molecule has 0 saturated heterocycles. The highest BCUT2D eigenvalue weighted by Crippen LogP contribution is 2.31. The Bertz CT molecular complexity index is 940. The number of benzene rings is 2. The molecule has 8 heteroatoms. The number of aromatic hydroxyl groups is 1. The van der Waals surface area contributed by atoms with Crippen molar-refractivity contribution in [2.75, 3.05) is 19.0 Å². The number of carbonyl (C=O) groups excluding carboxylic acids is 2. The fraction of sp³-hybridized carbons (Fsp3) is 0.227.